The molecular formula is C31H31FN2O3. The molecule has 190 valence electrons. The predicted molar refractivity (Wildman–Crippen MR) is 141 cm³/mol. The van der Waals surface area contributed by atoms with Crippen LogP contribution in [0.2, 0.25) is 0 Å². The third-order valence-electron chi connectivity index (χ3n) is 6.29. The van der Waals surface area contributed by atoms with Crippen LogP contribution in [0.1, 0.15) is 42.2 Å². The van der Waals surface area contributed by atoms with Gasteiger partial charge in [0, 0.05) is 12.6 Å². The van der Waals surface area contributed by atoms with Gasteiger partial charge in [-0.1, -0.05) is 72.8 Å². The second-order valence-corrected chi connectivity index (χ2v) is 9.27. The zero-order valence-electron chi connectivity index (χ0n) is 21.1. The minimum absolute atomic E-state index is 0.0887. The predicted octanol–water partition coefficient (Wildman–Crippen LogP) is 6.02. The summed E-state index contributed by atoms with van der Waals surface area (Å²) >= 11 is 0. The van der Waals surface area contributed by atoms with Crippen molar-refractivity contribution in [1.29, 1.82) is 0 Å². The Bertz CT molecular complexity index is 1230. The van der Waals surface area contributed by atoms with Crippen molar-refractivity contribution in [3.63, 3.8) is 0 Å². The smallest absolute Gasteiger partial charge is 0.242 e. The Morgan fingerprint density at radius 1 is 0.784 bits per heavy atom. The number of carbonyl (C=O) groups excluding carboxylic acids is 2. The highest BCUT2D eigenvalue weighted by molar-refractivity contribution is 5.91. The van der Waals surface area contributed by atoms with Crippen molar-refractivity contribution < 1.29 is 18.4 Å². The number of halogens is 1. The van der Waals surface area contributed by atoms with Crippen LogP contribution in [0.25, 0.3) is 0 Å². The van der Waals surface area contributed by atoms with Crippen LogP contribution in [0.3, 0.4) is 0 Å². The number of carbonyl (C=O) groups is 2. The summed E-state index contributed by atoms with van der Waals surface area (Å²) in [5.41, 5.74) is 2.53. The molecule has 0 atom stereocenters. The molecule has 0 radical (unpaired) electrons. The molecule has 0 aliphatic rings. The molecule has 0 bridgehead atoms. The number of benzene rings is 3. The molecule has 2 amide bonds. The summed E-state index contributed by atoms with van der Waals surface area (Å²) in [7, 11) is 0. The van der Waals surface area contributed by atoms with Gasteiger partial charge in [0.05, 0.1) is 18.7 Å². The molecule has 3 aromatic carbocycles. The fraction of sp³-hybridized carbons (Fsp3) is 0.226. The Balaban J connectivity index is 1.61. The molecule has 1 heterocycles. The Hall–Kier alpha value is -4.19. The zero-order valence-corrected chi connectivity index (χ0v) is 21.1. The molecule has 4 rings (SSSR count). The molecule has 1 aromatic heterocycles. The lowest BCUT2D eigenvalue weighted by atomic mass is 9.89. The van der Waals surface area contributed by atoms with E-state index in [4.69, 9.17) is 4.42 Å². The third kappa shape index (κ3) is 6.73. The lowest BCUT2D eigenvalue weighted by molar-refractivity contribution is -0.143. The molecule has 0 N–H and O–H groups in total. The van der Waals surface area contributed by atoms with Crippen molar-refractivity contribution in [2.45, 2.75) is 38.9 Å². The average molecular weight is 499 g/mol. The minimum Gasteiger partial charge on any atom is -0.467 e. The van der Waals surface area contributed by atoms with Gasteiger partial charge in [-0.3, -0.25) is 9.59 Å². The minimum atomic E-state index is -0.534. The van der Waals surface area contributed by atoms with Crippen LogP contribution in [0, 0.1) is 5.82 Å². The molecule has 0 saturated heterocycles. The Morgan fingerprint density at radius 2 is 1.38 bits per heavy atom. The summed E-state index contributed by atoms with van der Waals surface area (Å²) in [6, 6.07) is 28.7. The van der Waals surface area contributed by atoms with Gasteiger partial charge in [0.25, 0.3) is 0 Å². The summed E-state index contributed by atoms with van der Waals surface area (Å²) in [5, 5.41) is 0. The van der Waals surface area contributed by atoms with Gasteiger partial charge in [-0.25, -0.2) is 4.39 Å². The fourth-order valence-electron chi connectivity index (χ4n) is 4.33. The van der Waals surface area contributed by atoms with E-state index in [0.29, 0.717) is 5.76 Å². The molecule has 0 spiro atoms. The van der Waals surface area contributed by atoms with Crippen LogP contribution in [0.5, 0.6) is 0 Å². The number of rotatable bonds is 10. The van der Waals surface area contributed by atoms with Crippen LogP contribution < -0.4 is 0 Å². The van der Waals surface area contributed by atoms with E-state index in [9.17, 15) is 14.0 Å². The summed E-state index contributed by atoms with van der Waals surface area (Å²) in [4.78, 5) is 31.0. The Kier molecular flexibility index (Phi) is 8.52. The highest BCUT2D eigenvalue weighted by Gasteiger charge is 2.31. The second kappa shape index (κ2) is 12.2. The van der Waals surface area contributed by atoms with E-state index in [-0.39, 0.29) is 43.3 Å². The van der Waals surface area contributed by atoms with Crippen LogP contribution in [-0.4, -0.2) is 34.2 Å². The first-order valence-electron chi connectivity index (χ1n) is 12.4. The monoisotopic (exact) mass is 498 g/mol. The van der Waals surface area contributed by atoms with Crippen LogP contribution in [0.4, 0.5) is 4.39 Å². The summed E-state index contributed by atoms with van der Waals surface area (Å²) in [6.07, 6.45) is 1.56. The SMILES string of the molecule is CC(C)N(CC(=O)N(Cc1ccc(F)cc1)Cc1ccco1)C(=O)C(c1ccccc1)c1ccccc1. The maximum absolute atomic E-state index is 14.1. The summed E-state index contributed by atoms with van der Waals surface area (Å²) in [6.45, 7) is 4.24. The van der Waals surface area contributed by atoms with Gasteiger partial charge in [0.2, 0.25) is 11.8 Å². The molecule has 0 aliphatic heterocycles. The number of hydrogen-bond donors (Lipinski definition) is 0. The van der Waals surface area contributed by atoms with Gasteiger partial charge < -0.3 is 14.2 Å². The van der Waals surface area contributed by atoms with Crippen molar-refractivity contribution in [1.82, 2.24) is 9.80 Å². The van der Waals surface area contributed by atoms with Gasteiger partial charge in [0.15, 0.2) is 0 Å². The van der Waals surface area contributed by atoms with Crippen LogP contribution in [-0.2, 0) is 22.7 Å². The van der Waals surface area contributed by atoms with E-state index in [1.165, 1.54) is 12.1 Å². The largest absolute Gasteiger partial charge is 0.467 e. The maximum Gasteiger partial charge on any atom is 0.242 e. The molecular weight excluding hydrogens is 467 g/mol. The van der Waals surface area contributed by atoms with Gasteiger partial charge >= 0.3 is 0 Å². The van der Waals surface area contributed by atoms with Gasteiger partial charge in [-0.2, -0.15) is 0 Å². The normalized spacial score (nSPS) is 11.1. The number of amides is 2. The standard InChI is InChI=1S/C31H31FN2O3/c1-23(2)34(31(36)30(25-10-5-3-6-11-25)26-12-7-4-8-13-26)22-29(35)33(21-28-14-9-19-37-28)20-24-15-17-27(32)18-16-24/h3-19,23,30H,20-22H2,1-2H3. The van der Waals surface area contributed by atoms with E-state index in [1.807, 2.05) is 74.5 Å². The topological polar surface area (TPSA) is 53.8 Å². The van der Waals surface area contributed by atoms with E-state index in [0.717, 1.165) is 16.7 Å². The fourth-order valence-corrected chi connectivity index (χ4v) is 4.33. The van der Waals surface area contributed by atoms with E-state index in [2.05, 4.69) is 0 Å². The quantitative estimate of drug-likeness (QED) is 0.269. The molecule has 0 fully saturated rings. The van der Waals surface area contributed by atoms with Crippen molar-refractivity contribution in [3.05, 3.63) is 132 Å². The van der Waals surface area contributed by atoms with Gasteiger partial charge in [0.1, 0.15) is 18.1 Å². The average Bonchev–Trinajstić information content (AvgIpc) is 3.42. The third-order valence-corrected chi connectivity index (χ3v) is 6.29. The first-order chi connectivity index (χ1) is 17.9. The van der Waals surface area contributed by atoms with Gasteiger partial charge in [-0.05, 0) is 54.8 Å². The van der Waals surface area contributed by atoms with Crippen LogP contribution >= 0.6 is 0 Å². The highest BCUT2D eigenvalue weighted by atomic mass is 19.1. The summed E-state index contributed by atoms with van der Waals surface area (Å²) in [5.74, 6) is -0.599. The van der Waals surface area contributed by atoms with Crippen molar-refractivity contribution in [2.24, 2.45) is 0 Å². The van der Waals surface area contributed by atoms with Gasteiger partial charge in [-0.15, -0.1) is 0 Å². The van der Waals surface area contributed by atoms with E-state index in [1.54, 1.807) is 40.3 Å². The molecule has 0 saturated carbocycles. The molecule has 5 nitrogen and oxygen atoms in total. The van der Waals surface area contributed by atoms with E-state index >= 15 is 0 Å². The van der Waals surface area contributed by atoms with Crippen LogP contribution in [0.15, 0.2) is 108 Å². The number of hydrogen-bond acceptors (Lipinski definition) is 3. The first kappa shape index (κ1) is 25.9. The molecule has 0 unspecified atom stereocenters. The Labute approximate surface area is 217 Å². The maximum atomic E-state index is 14.1. The first-order valence-corrected chi connectivity index (χ1v) is 12.4. The molecule has 6 heteroatoms. The van der Waals surface area contributed by atoms with E-state index < -0.39 is 5.92 Å². The lowest BCUT2D eigenvalue weighted by Gasteiger charge is -2.33. The highest BCUT2D eigenvalue weighted by Crippen LogP contribution is 2.28. The summed E-state index contributed by atoms with van der Waals surface area (Å²) < 4.78 is 18.9. The number of furan rings is 1. The van der Waals surface area contributed by atoms with Crippen molar-refractivity contribution in [2.75, 3.05) is 6.54 Å². The molecule has 4 aromatic rings. The molecule has 37 heavy (non-hydrogen) atoms. The number of nitrogens with zero attached hydrogens (tertiary/aromatic N) is 2. The zero-order chi connectivity index (χ0) is 26.2. The molecule has 0 aliphatic carbocycles. The van der Waals surface area contributed by atoms with Crippen molar-refractivity contribution in [3.8, 4) is 0 Å². The van der Waals surface area contributed by atoms with Crippen molar-refractivity contribution >= 4 is 11.8 Å². The Morgan fingerprint density at radius 3 is 1.89 bits per heavy atom. The second-order valence-electron chi connectivity index (χ2n) is 9.27. The lowest BCUT2D eigenvalue weighted by Crippen LogP contribution is -2.47.